The van der Waals surface area contributed by atoms with Crippen molar-refractivity contribution in [1.29, 1.82) is 0 Å². The molecule has 0 saturated carbocycles. The van der Waals surface area contributed by atoms with E-state index in [0.29, 0.717) is 23.2 Å². The van der Waals surface area contributed by atoms with Gasteiger partial charge >= 0.3 is 12.4 Å². The van der Waals surface area contributed by atoms with E-state index >= 15 is 0 Å². The molecule has 2 amide bonds. The second kappa shape index (κ2) is 15.1. The van der Waals surface area contributed by atoms with Gasteiger partial charge in [-0.2, -0.15) is 4.99 Å². The van der Waals surface area contributed by atoms with Crippen LogP contribution >= 0.6 is 11.8 Å². The molecule has 1 fully saturated rings. The molecule has 5 rings (SSSR count). The van der Waals surface area contributed by atoms with E-state index < -0.39 is 6.36 Å². The van der Waals surface area contributed by atoms with Crippen molar-refractivity contribution in [2.75, 3.05) is 24.3 Å². The molecule has 0 radical (unpaired) electrons. The topological polar surface area (TPSA) is 93.9 Å². The Kier molecular flexibility index (Phi) is 11.0. The van der Waals surface area contributed by atoms with E-state index in [-0.39, 0.29) is 29.7 Å². The zero-order chi connectivity index (χ0) is 34.4. The molecule has 0 bridgehead atoms. The number of ether oxygens (including phenoxy) is 2. The van der Waals surface area contributed by atoms with Gasteiger partial charge in [-0.15, -0.1) is 18.3 Å². The van der Waals surface area contributed by atoms with Crippen LogP contribution in [0.5, 0.6) is 11.5 Å². The second-order valence-corrected chi connectivity index (χ2v) is 12.9. The molecule has 48 heavy (non-hydrogen) atoms. The van der Waals surface area contributed by atoms with Gasteiger partial charge in [-0.3, -0.25) is 0 Å². The van der Waals surface area contributed by atoms with Crippen molar-refractivity contribution >= 4 is 28.6 Å². The van der Waals surface area contributed by atoms with E-state index in [2.05, 4.69) is 69.9 Å². The number of aromatic nitrogens is 3. The van der Waals surface area contributed by atoms with Crippen molar-refractivity contribution in [1.82, 2.24) is 20.1 Å². The van der Waals surface area contributed by atoms with Crippen LogP contribution in [0.2, 0.25) is 0 Å². The van der Waals surface area contributed by atoms with E-state index in [9.17, 15) is 18.0 Å². The Labute approximate surface area is 282 Å². The first-order valence-electron chi connectivity index (χ1n) is 15.8. The Hall–Kier alpha value is -4.52. The van der Waals surface area contributed by atoms with Crippen molar-refractivity contribution in [2.24, 2.45) is 4.99 Å². The fourth-order valence-electron chi connectivity index (χ4n) is 5.54. The van der Waals surface area contributed by atoms with E-state index in [4.69, 9.17) is 4.74 Å². The van der Waals surface area contributed by atoms with Crippen molar-refractivity contribution < 1.29 is 27.4 Å². The molecule has 0 aliphatic carbocycles. The van der Waals surface area contributed by atoms with E-state index in [0.717, 1.165) is 46.7 Å². The molecule has 254 valence electrons. The Morgan fingerprint density at radius 2 is 1.79 bits per heavy atom. The maximum atomic E-state index is 13.2. The number of urea groups is 1. The molecule has 4 aromatic rings. The largest absolute Gasteiger partial charge is 0.573 e. The van der Waals surface area contributed by atoms with Gasteiger partial charge in [0.2, 0.25) is 0 Å². The van der Waals surface area contributed by atoms with Crippen molar-refractivity contribution in [3.63, 3.8) is 0 Å². The normalized spacial score (nSPS) is 16.6. The molecule has 2 unspecified atom stereocenters. The highest BCUT2D eigenvalue weighted by molar-refractivity contribution is 8.14. The standard InChI is InChI=1S/C35H39F3N6O3S/c1-6-24(20-39-33(45)41-34-44(23(4)17-18-48-34)31-16-15-29(46-5)19-30(31)22(2)3)25-7-9-26(10-8-25)32-40-21-43(42-32)27-11-13-28(14-12-27)47-35(36,37)38/h7-16,19,21-24H,6,17-18,20H2,1-5H3,(H,39,45). The van der Waals surface area contributed by atoms with Crippen molar-refractivity contribution in [2.45, 2.75) is 64.8 Å². The Morgan fingerprint density at radius 1 is 1.08 bits per heavy atom. The monoisotopic (exact) mass is 680 g/mol. The fourth-order valence-corrected chi connectivity index (χ4v) is 6.74. The summed E-state index contributed by atoms with van der Waals surface area (Å²) in [7, 11) is 1.66. The van der Waals surface area contributed by atoms with Crippen molar-refractivity contribution in [3.8, 4) is 28.6 Å². The molecular formula is C35H39F3N6O3S. The molecule has 0 spiro atoms. The minimum Gasteiger partial charge on any atom is -0.497 e. The SMILES string of the molecule is CCC(CNC(=O)N=C1SCCC(C)N1c1ccc(OC)cc1C(C)C)c1ccc(-c2ncn(-c3ccc(OC(F)(F)F)cc3)n2)cc1. The molecule has 1 aromatic heterocycles. The van der Waals surface area contributed by atoms with Gasteiger partial charge in [-0.05, 0) is 79.3 Å². The molecule has 1 aliphatic heterocycles. The number of thioether (sulfide) groups is 1. The predicted molar refractivity (Wildman–Crippen MR) is 183 cm³/mol. The third-order valence-corrected chi connectivity index (χ3v) is 9.17. The fraction of sp³-hybridized carbons (Fsp3) is 0.371. The van der Waals surface area contributed by atoms with Gasteiger partial charge in [0.25, 0.3) is 0 Å². The van der Waals surface area contributed by atoms with Crippen LogP contribution in [-0.2, 0) is 0 Å². The van der Waals surface area contributed by atoms with Crippen LogP contribution in [0, 0.1) is 0 Å². The quantitative estimate of drug-likeness (QED) is 0.179. The van der Waals surface area contributed by atoms with E-state index in [1.807, 2.05) is 30.3 Å². The number of carbonyl (C=O) groups excluding carboxylic acids is 1. The first-order chi connectivity index (χ1) is 23.0. The summed E-state index contributed by atoms with van der Waals surface area (Å²) in [4.78, 5) is 24.2. The lowest BCUT2D eigenvalue weighted by Crippen LogP contribution is -2.43. The van der Waals surface area contributed by atoms with Gasteiger partial charge in [0.15, 0.2) is 11.0 Å². The summed E-state index contributed by atoms with van der Waals surface area (Å²) in [6.07, 6.45) is -1.47. The number of alkyl halides is 3. The maximum Gasteiger partial charge on any atom is 0.573 e. The first-order valence-corrected chi connectivity index (χ1v) is 16.8. The number of nitrogens with one attached hydrogen (secondary N) is 1. The number of amides is 2. The van der Waals surface area contributed by atoms with Crippen LogP contribution < -0.4 is 19.7 Å². The molecule has 1 N–H and O–H groups in total. The molecule has 1 aliphatic rings. The molecule has 9 nitrogen and oxygen atoms in total. The van der Waals surface area contributed by atoms with Crippen LogP contribution in [-0.4, -0.2) is 57.8 Å². The van der Waals surface area contributed by atoms with Crippen LogP contribution in [0.1, 0.15) is 63.5 Å². The number of rotatable bonds is 10. The number of hydrogen-bond acceptors (Lipinski definition) is 6. The summed E-state index contributed by atoms with van der Waals surface area (Å²) in [5.41, 5.74) is 4.55. The number of aliphatic imine (C=N–C) groups is 1. The third kappa shape index (κ3) is 8.49. The van der Waals surface area contributed by atoms with Crippen LogP contribution in [0.15, 0.2) is 78.0 Å². The van der Waals surface area contributed by atoms with Crippen molar-refractivity contribution in [3.05, 3.63) is 84.2 Å². The second-order valence-electron chi connectivity index (χ2n) is 11.8. The average Bonchev–Trinajstić information content (AvgIpc) is 3.55. The Balaban J connectivity index is 1.24. The van der Waals surface area contributed by atoms with Gasteiger partial charge in [0.05, 0.1) is 12.8 Å². The molecule has 3 aromatic carbocycles. The number of benzene rings is 3. The summed E-state index contributed by atoms with van der Waals surface area (Å²) in [6, 6.07) is 19.1. The number of halogens is 3. The molecular weight excluding hydrogens is 641 g/mol. The summed E-state index contributed by atoms with van der Waals surface area (Å²) < 4.78 is 48.3. The summed E-state index contributed by atoms with van der Waals surface area (Å²) in [5, 5.41) is 8.19. The van der Waals surface area contributed by atoms with E-state index in [1.54, 1.807) is 18.9 Å². The smallest absolute Gasteiger partial charge is 0.497 e. The number of hydrogen-bond donors (Lipinski definition) is 1. The van der Waals surface area contributed by atoms with Gasteiger partial charge in [0.1, 0.15) is 17.8 Å². The Bertz CT molecular complexity index is 1720. The highest BCUT2D eigenvalue weighted by atomic mass is 32.2. The highest BCUT2D eigenvalue weighted by Crippen LogP contribution is 2.37. The van der Waals surface area contributed by atoms with E-state index in [1.165, 1.54) is 35.3 Å². The molecule has 13 heteroatoms. The predicted octanol–water partition coefficient (Wildman–Crippen LogP) is 8.56. The number of amidine groups is 1. The number of methoxy groups -OCH3 is 1. The van der Waals surface area contributed by atoms with Gasteiger partial charge < -0.3 is 19.7 Å². The van der Waals surface area contributed by atoms with Gasteiger partial charge in [-0.1, -0.05) is 56.8 Å². The van der Waals surface area contributed by atoms with Crippen LogP contribution in [0.25, 0.3) is 17.1 Å². The lowest BCUT2D eigenvalue weighted by atomic mass is 9.95. The number of carbonyl (C=O) groups is 1. The Morgan fingerprint density at radius 3 is 2.44 bits per heavy atom. The minimum atomic E-state index is -4.75. The summed E-state index contributed by atoms with van der Waals surface area (Å²) in [6.45, 7) is 8.95. The molecule has 1 saturated heterocycles. The van der Waals surface area contributed by atoms with Crippen LogP contribution in [0.3, 0.4) is 0 Å². The molecule has 2 heterocycles. The first kappa shape index (κ1) is 34.8. The van der Waals surface area contributed by atoms with Gasteiger partial charge in [-0.25, -0.2) is 14.5 Å². The zero-order valence-corrected chi connectivity index (χ0v) is 28.3. The highest BCUT2D eigenvalue weighted by Gasteiger charge is 2.31. The zero-order valence-electron chi connectivity index (χ0n) is 27.5. The average molecular weight is 681 g/mol. The minimum absolute atomic E-state index is 0.0642. The molecule has 2 atom stereocenters. The summed E-state index contributed by atoms with van der Waals surface area (Å²) in [5.74, 6) is 2.17. The lowest BCUT2D eigenvalue weighted by molar-refractivity contribution is -0.274. The summed E-state index contributed by atoms with van der Waals surface area (Å²) >= 11 is 1.59. The number of nitrogens with zero attached hydrogens (tertiary/aromatic N) is 5. The maximum absolute atomic E-state index is 13.2. The number of anilines is 1. The van der Waals surface area contributed by atoms with Gasteiger partial charge in [0, 0.05) is 35.5 Å². The van der Waals surface area contributed by atoms with Crippen LogP contribution in [0.4, 0.5) is 23.7 Å². The lowest BCUT2D eigenvalue weighted by Gasteiger charge is -2.37. The third-order valence-electron chi connectivity index (χ3n) is 8.19.